The fraction of sp³-hybridized carbons (Fsp3) is 0.833. The van der Waals surface area contributed by atoms with Gasteiger partial charge in [-0.15, -0.1) is 0 Å². The normalized spacial score (nSPS) is 12.9. The molecule has 0 saturated heterocycles. The Morgan fingerprint density at radius 3 is 1.36 bits per heavy atom. The summed E-state index contributed by atoms with van der Waals surface area (Å²) in [5, 5.41) is 1.77. The zero-order chi connectivity index (χ0) is 10.8. The van der Waals surface area contributed by atoms with Crippen LogP contribution in [0.2, 0.25) is 0 Å². The van der Waals surface area contributed by atoms with Crippen LogP contribution in [-0.4, -0.2) is 0 Å². The van der Waals surface area contributed by atoms with Gasteiger partial charge in [0, 0.05) is 10.1 Å². The van der Waals surface area contributed by atoms with E-state index < -0.39 is 0 Å². The van der Waals surface area contributed by atoms with Crippen molar-refractivity contribution in [3.05, 3.63) is 10.1 Å². The highest BCUT2D eigenvalue weighted by atomic mass is 35.5. The summed E-state index contributed by atoms with van der Waals surface area (Å²) >= 11 is 12.2. The maximum Gasteiger partial charge on any atom is 0.0325 e. The molecule has 0 aliphatic rings. The van der Waals surface area contributed by atoms with Gasteiger partial charge >= 0.3 is 0 Å². The first-order valence-corrected chi connectivity index (χ1v) is 6.51. The smallest absolute Gasteiger partial charge is 0.0325 e. The predicted molar refractivity (Wildman–Crippen MR) is 67.0 cm³/mol. The van der Waals surface area contributed by atoms with E-state index in [4.69, 9.17) is 23.2 Å². The molecule has 0 amide bonds. The SMILES string of the molecule is CCCCCC(Cl)=C(Cl)CCCCC. The Bertz CT molecular complexity index is 144. The molecule has 0 nitrogen and oxygen atoms in total. The number of rotatable bonds is 8. The molecule has 0 saturated carbocycles. The van der Waals surface area contributed by atoms with Crippen LogP contribution in [0.25, 0.3) is 0 Å². The van der Waals surface area contributed by atoms with Crippen molar-refractivity contribution in [3.63, 3.8) is 0 Å². The highest BCUT2D eigenvalue weighted by molar-refractivity contribution is 6.39. The highest BCUT2D eigenvalue weighted by Gasteiger charge is 2.01. The molecule has 0 aromatic heterocycles. The Hall–Kier alpha value is 0.320. The van der Waals surface area contributed by atoms with Gasteiger partial charge in [-0.2, -0.15) is 0 Å². The second kappa shape index (κ2) is 9.86. The fourth-order valence-corrected chi connectivity index (χ4v) is 1.79. The second-order valence-electron chi connectivity index (χ2n) is 3.72. The molecule has 14 heavy (non-hydrogen) atoms. The molecule has 0 aromatic carbocycles. The largest absolute Gasteiger partial charge is 0.0879 e. The van der Waals surface area contributed by atoms with E-state index in [-0.39, 0.29) is 0 Å². The maximum atomic E-state index is 6.09. The predicted octanol–water partition coefficient (Wildman–Crippen LogP) is 5.84. The van der Waals surface area contributed by atoms with E-state index in [1.165, 1.54) is 38.5 Å². The number of hydrogen-bond donors (Lipinski definition) is 0. The molecular weight excluding hydrogens is 215 g/mol. The van der Waals surface area contributed by atoms with Gasteiger partial charge in [0.2, 0.25) is 0 Å². The molecule has 0 spiro atoms. The van der Waals surface area contributed by atoms with Gasteiger partial charge < -0.3 is 0 Å². The minimum absolute atomic E-state index is 0.885. The summed E-state index contributed by atoms with van der Waals surface area (Å²) in [6.07, 6.45) is 9.21. The standard InChI is InChI=1S/C12H22Cl2/c1-3-5-7-9-11(13)12(14)10-8-6-4-2/h3-10H2,1-2H3. The fourth-order valence-electron chi connectivity index (χ4n) is 1.33. The van der Waals surface area contributed by atoms with Gasteiger partial charge in [0.1, 0.15) is 0 Å². The maximum absolute atomic E-state index is 6.09. The van der Waals surface area contributed by atoms with Crippen molar-refractivity contribution in [1.29, 1.82) is 0 Å². The lowest BCUT2D eigenvalue weighted by Crippen LogP contribution is -1.83. The lowest BCUT2D eigenvalue weighted by Gasteiger charge is -2.03. The number of allylic oxidation sites excluding steroid dienone is 2. The quantitative estimate of drug-likeness (QED) is 0.465. The van der Waals surface area contributed by atoms with Crippen LogP contribution < -0.4 is 0 Å². The third-order valence-corrected chi connectivity index (χ3v) is 3.22. The van der Waals surface area contributed by atoms with E-state index in [1.54, 1.807) is 0 Å². The van der Waals surface area contributed by atoms with E-state index >= 15 is 0 Å². The van der Waals surface area contributed by atoms with Crippen molar-refractivity contribution in [2.75, 3.05) is 0 Å². The summed E-state index contributed by atoms with van der Waals surface area (Å²) in [7, 11) is 0. The second-order valence-corrected chi connectivity index (χ2v) is 4.64. The van der Waals surface area contributed by atoms with E-state index in [2.05, 4.69) is 13.8 Å². The molecule has 0 fully saturated rings. The minimum atomic E-state index is 0.885. The molecule has 0 radical (unpaired) electrons. The molecule has 84 valence electrons. The Kier molecular flexibility index (Phi) is 10.1. The lowest BCUT2D eigenvalue weighted by molar-refractivity contribution is 0.707. The zero-order valence-electron chi connectivity index (χ0n) is 9.41. The van der Waals surface area contributed by atoms with Crippen molar-refractivity contribution >= 4 is 23.2 Å². The number of hydrogen-bond acceptors (Lipinski definition) is 0. The molecule has 0 aromatic rings. The third-order valence-electron chi connectivity index (χ3n) is 2.29. The van der Waals surface area contributed by atoms with E-state index in [9.17, 15) is 0 Å². The zero-order valence-corrected chi connectivity index (χ0v) is 10.9. The van der Waals surface area contributed by atoms with Crippen LogP contribution in [0, 0.1) is 0 Å². The van der Waals surface area contributed by atoms with Crippen LogP contribution >= 0.6 is 23.2 Å². The first kappa shape index (κ1) is 14.3. The Morgan fingerprint density at radius 1 is 0.714 bits per heavy atom. The first-order chi connectivity index (χ1) is 6.72. The van der Waals surface area contributed by atoms with Crippen molar-refractivity contribution in [2.24, 2.45) is 0 Å². The van der Waals surface area contributed by atoms with Crippen molar-refractivity contribution in [3.8, 4) is 0 Å². The average Bonchev–Trinajstić information content (AvgIpc) is 2.18. The van der Waals surface area contributed by atoms with Crippen LogP contribution in [0.1, 0.15) is 65.2 Å². The molecule has 0 atom stereocenters. The van der Waals surface area contributed by atoms with Gasteiger partial charge in [-0.3, -0.25) is 0 Å². The number of unbranched alkanes of at least 4 members (excludes halogenated alkanes) is 4. The Labute approximate surface area is 98.7 Å². The summed E-state index contributed by atoms with van der Waals surface area (Å²) in [4.78, 5) is 0. The van der Waals surface area contributed by atoms with Crippen LogP contribution in [-0.2, 0) is 0 Å². The molecule has 0 bridgehead atoms. The summed E-state index contributed by atoms with van der Waals surface area (Å²) < 4.78 is 0. The van der Waals surface area contributed by atoms with Gasteiger partial charge in [0.15, 0.2) is 0 Å². The monoisotopic (exact) mass is 236 g/mol. The van der Waals surface area contributed by atoms with Crippen LogP contribution in [0.3, 0.4) is 0 Å². The lowest BCUT2D eigenvalue weighted by atomic mass is 10.1. The van der Waals surface area contributed by atoms with Crippen molar-refractivity contribution < 1.29 is 0 Å². The summed E-state index contributed by atoms with van der Waals surface area (Å²) in [5.74, 6) is 0. The van der Waals surface area contributed by atoms with Gasteiger partial charge in [0.05, 0.1) is 0 Å². The van der Waals surface area contributed by atoms with Crippen LogP contribution in [0.15, 0.2) is 10.1 Å². The van der Waals surface area contributed by atoms with E-state index in [1.807, 2.05) is 0 Å². The van der Waals surface area contributed by atoms with Gasteiger partial charge in [-0.25, -0.2) is 0 Å². The van der Waals surface area contributed by atoms with Gasteiger partial charge in [-0.1, -0.05) is 62.7 Å². The molecule has 2 heteroatoms. The third kappa shape index (κ3) is 7.70. The van der Waals surface area contributed by atoms with E-state index in [0.29, 0.717) is 0 Å². The van der Waals surface area contributed by atoms with Crippen molar-refractivity contribution in [2.45, 2.75) is 65.2 Å². The van der Waals surface area contributed by atoms with Crippen molar-refractivity contribution in [1.82, 2.24) is 0 Å². The van der Waals surface area contributed by atoms with Crippen LogP contribution in [0.4, 0.5) is 0 Å². The minimum Gasteiger partial charge on any atom is -0.0879 e. The topological polar surface area (TPSA) is 0 Å². The number of halogens is 2. The molecule has 0 heterocycles. The highest BCUT2D eigenvalue weighted by Crippen LogP contribution is 2.24. The van der Waals surface area contributed by atoms with E-state index in [0.717, 1.165) is 22.9 Å². The van der Waals surface area contributed by atoms with Gasteiger partial charge in [-0.05, 0) is 25.7 Å². The molecular formula is C12H22Cl2. The summed E-state index contributed by atoms with van der Waals surface area (Å²) in [6.45, 7) is 4.39. The Morgan fingerprint density at radius 2 is 1.07 bits per heavy atom. The summed E-state index contributed by atoms with van der Waals surface area (Å²) in [5.41, 5.74) is 0. The first-order valence-electron chi connectivity index (χ1n) is 5.75. The average molecular weight is 237 g/mol. The molecule has 0 unspecified atom stereocenters. The molecule has 0 aliphatic carbocycles. The van der Waals surface area contributed by atoms with Gasteiger partial charge in [0.25, 0.3) is 0 Å². The molecule has 0 aliphatic heterocycles. The Balaban J connectivity index is 3.66. The molecule has 0 N–H and O–H groups in total. The summed E-state index contributed by atoms with van der Waals surface area (Å²) in [6, 6.07) is 0. The van der Waals surface area contributed by atoms with Crippen LogP contribution in [0.5, 0.6) is 0 Å². The molecule has 0 rings (SSSR count).